The van der Waals surface area contributed by atoms with Crippen molar-refractivity contribution in [3.63, 3.8) is 0 Å². The summed E-state index contributed by atoms with van der Waals surface area (Å²) in [5, 5.41) is 3.75. The van der Waals surface area contributed by atoms with E-state index in [1.807, 2.05) is 12.1 Å². The summed E-state index contributed by atoms with van der Waals surface area (Å²) >= 11 is 6.05. The van der Waals surface area contributed by atoms with Crippen LogP contribution in [0.4, 0.5) is 11.6 Å². The summed E-state index contributed by atoms with van der Waals surface area (Å²) in [7, 11) is 0. The van der Waals surface area contributed by atoms with Gasteiger partial charge in [-0.15, -0.1) is 0 Å². The van der Waals surface area contributed by atoms with E-state index in [0.717, 1.165) is 24.8 Å². The third-order valence-electron chi connectivity index (χ3n) is 6.29. The molecule has 0 bridgehead atoms. The predicted molar refractivity (Wildman–Crippen MR) is 148 cm³/mol. The van der Waals surface area contributed by atoms with E-state index in [-0.39, 0.29) is 31.3 Å². The van der Waals surface area contributed by atoms with E-state index < -0.39 is 11.4 Å². The smallest absolute Gasteiger partial charge is 0.421 e. The molecule has 0 spiro atoms. The molecule has 208 valence electrons. The number of H-pyrrole nitrogens is 1. The van der Waals surface area contributed by atoms with Gasteiger partial charge in [-0.3, -0.25) is 5.32 Å². The first-order valence-corrected chi connectivity index (χ1v) is 13.5. The average molecular weight is 566 g/mol. The zero-order valence-electron chi connectivity index (χ0n) is 21.8. The molecule has 4 aromatic rings. The van der Waals surface area contributed by atoms with Gasteiger partial charge in [0.15, 0.2) is 6.29 Å². The molecular weight excluding hydrogens is 536 g/mol. The number of anilines is 2. The lowest BCUT2D eigenvalue weighted by atomic mass is 10.2. The summed E-state index contributed by atoms with van der Waals surface area (Å²) < 4.78 is 19.7. The van der Waals surface area contributed by atoms with E-state index in [4.69, 9.17) is 25.8 Å². The van der Waals surface area contributed by atoms with E-state index in [0.29, 0.717) is 36.1 Å². The van der Waals surface area contributed by atoms with E-state index >= 15 is 0 Å². The van der Waals surface area contributed by atoms with Gasteiger partial charge >= 0.3 is 23.3 Å². The van der Waals surface area contributed by atoms with Crippen LogP contribution in [0.3, 0.4) is 0 Å². The fraction of sp³-hybridized carbons (Fsp3) is 0.321. The van der Waals surface area contributed by atoms with Gasteiger partial charge in [-0.05, 0) is 73.7 Å². The molecule has 3 heterocycles. The molecule has 1 aliphatic rings. The van der Waals surface area contributed by atoms with Crippen molar-refractivity contribution in [3.05, 3.63) is 98.5 Å². The monoisotopic (exact) mass is 565 g/mol. The summed E-state index contributed by atoms with van der Waals surface area (Å²) in [5.74, 6) is 0.781. The second-order valence-electron chi connectivity index (χ2n) is 9.23. The lowest BCUT2D eigenvalue weighted by Gasteiger charge is -2.22. The van der Waals surface area contributed by atoms with Crippen molar-refractivity contribution in [1.29, 1.82) is 0 Å². The molecule has 1 unspecified atom stereocenters. The Morgan fingerprint density at radius 3 is 2.58 bits per heavy atom. The van der Waals surface area contributed by atoms with Gasteiger partial charge in [0.25, 0.3) is 0 Å². The maximum Gasteiger partial charge on any atom is 0.421 e. The van der Waals surface area contributed by atoms with Crippen molar-refractivity contribution in [1.82, 2.24) is 19.5 Å². The lowest BCUT2D eigenvalue weighted by Crippen LogP contribution is -2.60. The quantitative estimate of drug-likeness (QED) is 0.208. The Morgan fingerprint density at radius 1 is 1.07 bits per heavy atom. The maximum atomic E-state index is 13.6. The van der Waals surface area contributed by atoms with Crippen molar-refractivity contribution in [2.75, 3.05) is 18.5 Å². The van der Waals surface area contributed by atoms with Crippen molar-refractivity contribution in [2.24, 2.45) is 0 Å². The van der Waals surface area contributed by atoms with Crippen LogP contribution in [-0.4, -0.2) is 39.0 Å². The van der Waals surface area contributed by atoms with Crippen LogP contribution in [0.1, 0.15) is 31.2 Å². The van der Waals surface area contributed by atoms with Crippen molar-refractivity contribution >= 4 is 23.2 Å². The first-order valence-electron chi connectivity index (χ1n) is 13.1. The zero-order valence-corrected chi connectivity index (χ0v) is 22.5. The molecule has 1 atom stereocenters. The molecule has 11 nitrogen and oxygen atoms in total. The van der Waals surface area contributed by atoms with Crippen LogP contribution in [0.25, 0.3) is 0 Å². The number of ether oxygens (including phenoxy) is 3. The normalized spacial score (nSPS) is 15.1. The van der Waals surface area contributed by atoms with Crippen LogP contribution in [0.15, 0.2) is 76.6 Å². The van der Waals surface area contributed by atoms with Gasteiger partial charge in [0.1, 0.15) is 5.75 Å². The number of aromatic nitrogens is 5. The van der Waals surface area contributed by atoms with Crippen LogP contribution in [0.2, 0.25) is 5.02 Å². The minimum absolute atomic E-state index is 0.204. The SMILES string of the molecule is O=c1[nH]c(Nc2ccc(Oc3ncccn3)cc2)[n+](Cc2ccc(Cl)cc2)c(=O)n1CCCOC1CCCCO1. The third-order valence-corrected chi connectivity index (χ3v) is 6.54. The molecule has 0 radical (unpaired) electrons. The number of nitrogens with one attached hydrogen (secondary N) is 2. The van der Waals surface area contributed by atoms with Crippen molar-refractivity contribution in [3.8, 4) is 11.8 Å². The Hall–Kier alpha value is -4.06. The molecule has 0 saturated carbocycles. The molecular formula is C28H30ClN6O5+. The predicted octanol–water partition coefficient (Wildman–Crippen LogP) is 3.79. The molecule has 2 aromatic heterocycles. The summed E-state index contributed by atoms with van der Waals surface area (Å²) in [5.41, 5.74) is 0.517. The first-order chi connectivity index (χ1) is 19.5. The lowest BCUT2D eigenvalue weighted by molar-refractivity contribution is -0.696. The van der Waals surface area contributed by atoms with Gasteiger partial charge in [-0.25, -0.2) is 24.5 Å². The van der Waals surface area contributed by atoms with Gasteiger partial charge in [-0.1, -0.05) is 23.7 Å². The second kappa shape index (κ2) is 13.3. The number of benzene rings is 2. The fourth-order valence-electron chi connectivity index (χ4n) is 4.25. The summed E-state index contributed by atoms with van der Waals surface area (Å²) in [4.78, 5) is 37.5. The topological polar surface area (TPSA) is 124 Å². The maximum absolute atomic E-state index is 13.6. The summed E-state index contributed by atoms with van der Waals surface area (Å²) in [6.07, 6.45) is 6.42. The van der Waals surface area contributed by atoms with Gasteiger partial charge < -0.3 is 14.2 Å². The third kappa shape index (κ3) is 7.32. The van der Waals surface area contributed by atoms with E-state index in [1.165, 1.54) is 9.13 Å². The minimum Gasteiger partial charge on any atom is -0.424 e. The number of hydrogen-bond acceptors (Lipinski definition) is 8. The van der Waals surface area contributed by atoms with Gasteiger partial charge in [-0.2, -0.15) is 9.13 Å². The Balaban J connectivity index is 1.34. The molecule has 1 aliphatic heterocycles. The Bertz CT molecular complexity index is 1500. The number of aromatic amines is 1. The van der Waals surface area contributed by atoms with Crippen molar-refractivity contribution in [2.45, 2.75) is 45.1 Å². The molecule has 2 N–H and O–H groups in total. The largest absolute Gasteiger partial charge is 0.424 e. The highest BCUT2D eigenvalue weighted by atomic mass is 35.5. The second-order valence-corrected chi connectivity index (χ2v) is 9.67. The van der Waals surface area contributed by atoms with Gasteiger partial charge in [0.05, 0.1) is 25.4 Å². The van der Waals surface area contributed by atoms with Crippen LogP contribution in [0, 0.1) is 0 Å². The Kier molecular flexibility index (Phi) is 9.17. The molecule has 0 amide bonds. The molecule has 40 heavy (non-hydrogen) atoms. The van der Waals surface area contributed by atoms with Crippen molar-refractivity contribution < 1.29 is 18.8 Å². The molecule has 1 saturated heterocycles. The highest BCUT2D eigenvalue weighted by molar-refractivity contribution is 6.30. The van der Waals surface area contributed by atoms with E-state index in [1.54, 1.807) is 54.9 Å². The highest BCUT2D eigenvalue weighted by Gasteiger charge is 2.21. The standard InChI is InChI=1S/C28H29ClN6O5/c29-21-8-6-20(7-9-21)19-35-25(32-22-10-12-23(13-11-22)40-26-30-14-3-15-31-26)33-27(36)34(28(35)37)16-4-18-39-24-5-1-2-17-38-24/h3,6-15,24H,1-2,4-5,16-19H2,(H,32,33,36)/p+1. The van der Waals surface area contributed by atoms with Crippen LogP contribution >= 0.6 is 11.6 Å². The fourth-order valence-corrected chi connectivity index (χ4v) is 4.37. The van der Waals surface area contributed by atoms with Crippen LogP contribution in [-0.2, 0) is 22.6 Å². The molecule has 12 heteroatoms. The highest BCUT2D eigenvalue weighted by Crippen LogP contribution is 2.21. The van der Waals surface area contributed by atoms with Crippen LogP contribution in [0.5, 0.6) is 11.8 Å². The first kappa shape index (κ1) is 27.5. The summed E-state index contributed by atoms with van der Waals surface area (Å²) in [6, 6.07) is 16.1. The summed E-state index contributed by atoms with van der Waals surface area (Å²) in [6.45, 7) is 1.50. The minimum atomic E-state index is -0.519. The molecule has 0 aliphatic carbocycles. The van der Waals surface area contributed by atoms with Gasteiger partial charge in [0, 0.05) is 24.0 Å². The average Bonchev–Trinajstić information content (AvgIpc) is 2.98. The zero-order chi connectivity index (χ0) is 27.7. The number of nitrogens with zero attached hydrogens (tertiary/aromatic N) is 4. The van der Waals surface area contributed by atoms with Gasteiger partial charge in [0.2, 0.25) is 0 Å². The molecule has 1 fully saturated rings. The van der Waals surface area contributed by atoms with E-state index in [9.17, 15) is 9.59 Å². The number of halogens is 1. The Labute approximate surface area is 235 Å². The number of rotatable bonds is 11. The molecule has 5 rings (SSSR count). The molecule has 2 aromatic carbocycles. The number of hydrogen-bond donors (Lipinski definition) is 2. The Morgan fingerprint density at radius 2 is 1.85 bits per heavy atom. The van der Waals surface area contributed by atoms with E-state index in [2.05, 4.69) is 20.3 Å². The van der Waals surface area contributed by atoms with Crippen LogP contribution < -0.4 is 26.0 Å².